The monoisotopic (exact) mass is 355 g/mol. The third-order valence-corrected chi connectivity index (χ3v) is 4.52. The molecule has 1 aliphatic rings. The first-order valence-electron chi connectivity index (χ1n) is 8.29. The van der Waals surface area contributed by atoms with Crippen molar-refractivity contribution in [2.75, 3.05) is 26.2 Å². The minimum absolute atomic E-state index is 0.574. The van der Waals surface area contributed by atoms with Crippen molar-refractivity contribution in [1.82, 2.24) is 25.5 Å². The number of nitrogens with one attached hydrogen (secondary N) is 2. The third kappa shape index (κ3) is 4.18. The Kier molecular flexibility index (Phi) is 5.68. The Balaban J connectivity index is 1.73. The average Bonchev–Trinajstić information content (AvgIpc) is 2.65. The summed E-state index contributed by atoms with van der Waals surface area (Å²) < 4.78 is 0. The number of halogens is 1. The number of aromatic nitrogens is 2. The van der Waals surface area contributed by atoms with E-state index in [-0.39, 0.29) is 0 Å². The van der Waals surface area contributed by atoms with Gasteiger partial charge in [-0.25, -0.2) is 0 Å². The Morgan fingerprint density at radius 2 is 1.92 bits per heavy atom. The van der Waals surface area contributed by atoms with E-state index in [0.29, 0.717) is 11.6 Å². The largest absolute Gasteiger partial charge is 0.380 e. The molecule has 2 N–H and O–H groups in total. The lowest BCUT2D eigenvalue weighted by molar-refractivity contribution is 0.301. The topological polar surface area (TPSA) is 53.1 Å². The second-order valence-electron chi connectivity index (χ2n) is 5.85. The maximum atomic E-state index is 6.39. The van der Waals surface area contributed by atoms with Crippen LogP contribution in [0.1, 0.15) is 5.56 Å². The molecular weight excluding hydrogens is 334 g/mol. The summed E-state index contributed by atoms with van der Waals surface area (Å²) in [6, 6.07) is 3.81. The minimum Gasteiger partial charge on any atom is -0.380 e. The quantitative estimate of drug-likeness (QED) is 0.780. The van der Waals surface area contributed by atoms with Crippen molar-refractivity contribution >= 4 is 22.6 Å². The van der Waals surface area contributed by atoms with Crippen LogP contribution in [0.4, 0.5) is 0 Å². The molecular formula is C19H22ClN5. The molecule has 0 atom stereocenters. The molecule has 1 fully saturated rings. The number of hydrogen-bond donors (Lipinski definition) is 2. The second kappa shape index (κ2) is 8.14. The Morgan fingerprint density at radius 1 is 1.24 bits per heavy atom. The summed E-state index contributed by atoms with van der Waals surface area (Å²) in [7, 11) is 0. The zero-order valence-corrected chi connectivity index (χ0v) is 14.9. The van der Waals surface area contributed by atoms with E-state index in [1.54, 1.807) is 18.5 Å². The predicted molar refractivity (Wildman–Crippen MR) is 103 cm³/mol. The smallest absolute Gasteiger partial charge is 0.0901 e. The summed E-state index contributed by atoms with van der Waals surface area (Å²) in [6.07, 6.45) is 7.14. The van der Waals surface area contributed by atoms with E-state index in [4.69, 9.17) is 11.6 Å². The molecule has 0 amide bonds. The molecule has 0 saturated carbocycles. The summed E-state index contributed by atoms with van der Waals surface area (Å²) in [5.41, 5.74) is 4.51. The van der Waals surface area contributed by atoms with Crippen molar-refractivity contribution < 1.29 is 0 Å². The van der Waals surface area contributed by atoms with Crippen LogP contribution in [0.5, 0.6) is 0 Å². The summed E-state index contributed by atoms with van der Waals surface area (Å²) in [4.78, 5) is 10.9. The lowest BCUT2D eigenvalue weighted by Crippen LogP contribution is -2.44. The van der Waals surface area contributed by atoms with E-state index in [9.17, 15) is 0 Å². The molecule has 1 aromatic carbocycles. The van der Waals surface area contributed by atoms with Gasteiger partial charge in [-0.05, 0) is 23.8 Å². The molecule has 0 aliphatic carbocycles. The molecule has 25 heavy (non-hydrogen) atoms. The van der Waals surface area contributed by atoms with Gasteiger partial charge < -0.3 is 15.5 Å². The van der Waals surface area contributed by atoms with Crippen molar-refractivity contribution in [3.8, 4) is 0 Å². The predicted octanol–water partition coefficient (Wildman–Crippen LogP) is 2.86. The number of fused-ring (bicyclic) bond motifs is 1. The fourth-order valence-electron chi connectivity index (χ4n) is 2.87. The third-order valence-electron chi connectivity index (χ3n) is 4.17. The first-order valence-corrected chi connectivity index (χ1v) is 8.67. The zero-order valence-electron chi connectivity index (χ0n) is 14.1. The summed E-state index contributed by atoms with van der Waals surface area (Å²) in [5.74, 6) is 0. The van der Waals surface area contributed by atoms with E-state index in [0.717, 1.165) is 54.2 Å². The molecule has 6 heteroatoms. The van der Waals surface area contributed by atoms with Crippen LogP contribution in [0.25, 0.3) is 11.0 Å². The SMILES string of the molecule is C=C/C=C(\C(=C)NCc1cc2nccnc2cc1Cl)N1CCNCC1. The molecule has 0 bridgehead atoms. The van der Waals surface area contributed by atoms with Gasteiger partial charge in [-0.15, -0.1) is 0 Å². The molecule has 2 heterocycles. The molecule has 3 rings (SSSR count). The molecule has 5 nitrogen and oxygen atoms in total. The van der Waals surface area contributed by atoms with E-state index >= 15 is 0 Å². The van der Waals surface area contributed by atoms with Crippen LogP contribution in [0.15, 0.2) is 61.2 Å². The number of benzene rings is 1. The molecule has 1 aromatic heterocycles. The Labute approximate surface area is 153 Å². The maximum absolute atomic E-state index is 6.39. The Bertz CT molecular complexity index is 809. The van der Waals surface area contributed by atoms with Crippen LogP contribution in [0.3, 0.4) is 0 Å². The van der Waals surface area contributed by atoms with Gasteiger partial charge in [0.15, 0.2) is 0 Å². The molecule has 0 radical (unpaired) electrons. The lowest BCUT2D eigenvalue weighted by Gasteiger charge is -2.32. The zero-order chi connectivity index (χ0) is 17.6. The van der Waals surface area contributed by atoms with Gasteiger partial charge in [0.25, 0.3) is 0 Å². The van der Waals surface area contributed by atoms with Crippen LogP contribution in [-0.4, -0.2) is 41.0 Å². The van der Waals surface area contributed by atoms with E-state index in [1.165, 1.54) is 0 Å². The normalized spacial score (nSPS) is 15.2. The molecule has 2 aromatic rings. The first kappa shape index (κ1) is 17.5. The maximum Gasteiger partial charge on any atom is 0.0901 e. The van der Waals surface area contributed by atoms with Gasteiger partial charge in [0, 0.05) is 50.1 Å². The van der Waals surface area contributed by atoms with E-state index in [1.807, 2.05) is 18.2 Å². The number of piperazine rings is 1. The van der Waals surface area contributed by atoms with E-state index in [2.05, 4.69) is 38.7 Å². The second-order valence-corrected chi connectivity index (χ2v) is 6.25. The fraction of sp³-hybridized carbons (Fsp3) is 0.263. The van der Waals surface area contributed by atoms with Crippen molar-refractivity contribution in [2.45, 2.75) is 6.54 Å². The number of rotatable bonds is 6. The van der Waals surface area contributed by atoms with E-state index < -0.39 is 0 Å². The first-order chi connectivity index (χ1) is 12.2. The number of allylic oxidation sites excluding steroid dienone is 2. The molecule has 0 unspecified atom stereocenters. The number of nitrogens with zero attached hydrogens (tertiary/aromatic N) is 3. The van der Waals surface area contributed by atoms with Gasteiger partial charge in [0.2, 0.25) is 0 Å². The van der Waals surface area contributed by atoms with Gasteiger partial charge in [0.1, 0.15) is 0 Å². The van der Waals surface area contributed by atoms with Gasteiger partial charge in [-0.3, -0.25) is 9.97 Å². The summed E-state index contributed by atoms with van der Waals surface area (Å²) in [6.45, 7) is 12.4. The van der Waals surface area contributed by atoms with Gasteiger partial charge >= 0.3 is 0 Å². The molecule has 0 spiro atoms. The molecule has 1 saturated heterocycles. The standard InChI is InChI=1S/C19H22ClN5/c1-3-4-19(25-9-7-21-8-10-25)14(2)24-13-15-11-17-18(12-16(15)20)23-6-5-22-17/h3-6,11-12,21,24H,1-2,7-10,13H2/b19-4+. The highest BCUT2D eigenvalue weighted by Gasteiger charge is 2.15. The molecule has 130 valence electrons. The van der Waals surface area contributed by atoms with Crippen LogP contribution in [-0.2, 0) is 6.54 Å². The van der Waals surface area contributed by atoms with Crippen molar-refractivity contribution in [2.24, 2.45) is 0 Å². The fourth-order valence-corrected chi connectivity index (χ4v) is 3.10. The summed E-state index contributed by atoms with van der Waals surface area (Å²) >= 11 is 6.39. The summed E-state index contributed by atoms with van der Waals surface area (Å²) in [5, 5.41) is 7.41. The van der Waals surface area contributed by atoms with Crippen LogP contribution >= 0.6 is 11.6 Å². The van der Waals surface area contributed by atoms with Crippen molar-refractivity contribution in [3.05, 3.63) is 71.8 Å². The molecule has 1 aliphatic heterocycles. The highest BCUT2D eigenvalue weighted by molar-refractivity contribution is 6.32. The Morgan fingerprint density at radius 3 is 2.60 bits per heavy atom. The van der Waals surface area contributed by atoms with Crippen LogP contribution < -0.4 is 10.6 Å². The Hall–Kier alpha value is -2.37. The van der Waals surface area contributed by atoms with Gasteiger partial charge in [-0.2, -0.15) is 0 Å². The van der Waals surface area contributed by atoms with Crippen LogP contribution in [0, 0.1) is 0 Å². The lowest BCUT2D eigenvalue weighted by atomic mass is 10.1. The van der Waals surface area contributed by atoms with Crippen LogP contribution in [0.2, 0.25) is 5.02 Å². The average molecular weight is 356 g/mol. The minimum atomic E-state index is 0.574. The van der Waals surface area contributed by atoms with Crippen molar-refractivity contribution in [3.63, 3.8) is 0 Å². The van der Waals surface area contributed by atoms with Gasteiger partial charge in [-0.1, -0.05) is 30.8 Å². The van der Waals surface area contributed by atoms with Gasteiger partial charge in [0.05, 0.1) is 22.4 Å². The van der Waals surface area contributed by atoms with Crippen molar-refractivity contribution in [1.29, 1.82) is 0 Å². The highest BCUT2D eigenvalue weighted by Crippen LogP contribution is 2.22. The number of hydrogen-bond acceptors (Lipinski definition) is 5. The highest BCUT2D eigenvalue weighted by atomic mass is 35.5.